The highest BCUT2D eigenvalue weighted by atomic mass is 35.5. The molecule has 0 saturated heterocycles. The molecule has 1 fully saturated rings. The van der Waals surface area contributed by atoms with Gasteiger partial charge in [-0.05, 0) is 50.5 Å². The second kappa shape index (κ2) is 7.85. The second-order valence-electron chi connectivity index (χ2n) is 6.03. The molecule has 0 amide bonds. The van der Waals surface area contributed by atoms with Crippen LogP contribution in [0, 0.1) is 30.4 Å². The maximum atomic E-state index is 5.98. The van der Waals surface area contributed by atoms with Gasteiger partial charge in [0.25, 0.3) is 0 Å². The molecule has 4 rings (SSSR count). The van der Waals surface area contributed by atoms with Crippen molar-refractivity contribution >= 4 is 23.4 Å². The molecule has 3 nitrogen and oxygen atoms in total. The van der Waals surface area contributed by atoms with E-state index in [1.54, 1.807) is 11.8 Å². The van der Waals surface area contributed by atoms with Crippen LogP contribution < -0.4 is 0 Å². The van der Waals surface area contributed by atoms with E-state index in [1.165, 1.54) is 11.2 Å². The molecule has 1 atom stereocenters. The summed E-state index contributed by atoms with van der Waals surface area (Å²) >= 11 is 7.72. The molecule has 0 aliphatic heterocycles. The molecule has 129 valence electrons. The van der Waals surface area contributed by atoms with Gasteiger partial charge < -0.3 is 0 Å². The molecule has 1 saturated carbocycles. The van der Waals surface area contributed by atoms with E-state index in [4.69, 9.17) is 11.6 Å². The fourth-order valence-corrected chi connectivity index (χ4v) is 3.99. The SMILES string of the molecule is C[C@@H]([C]1[CH][CH][CH][C]1Sc1ccc(Cl)cc1)n1cc(-c2ccccc2)nn1. The van der Waals surface area contributed by atoms with Gasteiger partial charge in [0.1, 0.15) is 5.69 Å². The van der Waals surface area contributed by atoms with Crippen molar-refractivity contribution in [1.82, 2.24) is 15.0 Å². The smallest absolute Gasteiger partial charge is 0.113 e. The molecule has 0 unspecified atom stereocenters. The Morgan fingerprint density at radius 3 is 2.54 bits per heavy atom. The van der Waals surface area contributed by atoms with E-state index in [9.17, 15) is 0 Å². The molecule has 5 radical (unpaired) electrons. The van der Waals surface area contributed by atoms with Gasteiger partial charge in [0.15, 0.2) is 0 Å². The monoisotopic (exact) mass is 378 g/mol. The Labute approximate surface area is 163 Å². The van der Waals surface area contributed by atoms with Gasteiger partial charge in [0.2, 0.25) is 0 Å². The highest BCUT2D eigenvalue weighted by Gasteiger charge is 2.35. The molecule has 2 aromatic carbocycles. The van der Waals surface area contributed by atoms with Crippen molar-refractivity contribution in [3.05, 3.63) is 96.2 Å². The first kappa shape index (κ1) is 17.6. The third-order valence-corrected chi connectivity index (χ3v) is 5.63. The lowest BCUT2D eigenvalue weighted by atomic mass is 9.99. The Morgan fingerprint density at radius 2 is 1.77 bits per heavy atom. The molecule has 1 aliphatic rings. The summed E-state index contributed by atoms with van der Waals surface area (Å²) in [7, 11) is 0. The molecular weight excluding hydrogens is 362 g/mol. The summed E-state index contributed by atoms with van der Waals surface area (Å²) in [6.07, 6.45) is 8.37. The van der Waals surface area contributed by atoms with Crippen LogP contribution in [0.5, 0.6) is 0 Å². The largest absolute Gasteiger partial charge is 0.248 e. The van der Waals surface area contributed by atoms with E-state index >= 15 is 0 Å². The van der Waals surface area contributed by atoms with Crippen LogP contribution in [0.3, 0.4) is 0 Å². The van der Waals surface area contributed by atoms with Crippen LogP contribution in [0.4, 0.5) is 0 Å². The third-order valence-electron chi connectivity index (χ3n) is 4.28. The van der Waals surface area contributed by atoms with Crippen molar-refractivity contribution in [2.75, 3.05) is 0 Å². The highest BCUT2D eigenvalue weighted by molar-refractivity contribution is 8.02. The maximum Gasteiger partial charge on any atom is 0.113 e. The van der Waals surface area contributed by atoms with Crippen molar-refractivity contribution in [3.8, 4) is 11.3 Å². The van der Waals surface area contributed by atoms with Crippen LogP contribution in [0.2, 0.25) is 5.02 Å². The Kier molecular flexibility index (Phi) is 5.32. The molecule has 26 heavy (non-hydrogen) atoms. The minimum absolute atomic E-state index is 0.102. The van der Waals surface area contributed by atoms with Gasteiger partial charge in [0.05, 0.1) is 12.2 Å². The second-order valence-corrected chi connectivity index (χ2v) is 7.58. The minimum Gasteiger partial charge on any atom is -0.248 e. The zero-order valence-electron chi connectivity index (χ0n) is 14.2. The molecular formula is C21H17ClN3S. The first-order valence-electron chi connectivity index (χ1n) is 8.37. The number of thioether (sulfide) groups is 1. The lowest BCUT2D eigenvalue weighted by Crippen LogP contribution is -2.17. The van der Waals surface area contributed by atoms with E-state index < -0.39 is 0 Å². The fourth-order valence-electron chi connectivity index (χ4n) is 2.83. The Hall–Kier alpha value is -1.78. The standard InChI is InChI=1S/C21H17ClN3S/c1-15(25-14-20(23-24-25)16-6-3-2-4-7-16)19-8-5-9-21(19)26-18-12-10-17(22)11-13-18/h2-15H,1H3/t15-/m0/s1. The normalized spacial score (nSPS) is 16.8. The van der Waals surface area contributed by atoms with Crippen molar-refractivity contribution in [2.45, 2.75) is 17.9 Å². The van der Waals surface area contributed by atoms with Crippen molar-refractivity contribution in [2.24, 2.45) is 0 Å². The summed E-state index contributed by atoms with van der Waals surface area (Å²) in [6, 6.07) is 18.1. The molecule has 1 heterocycles. The fraction of sp³-hybridized carbons (Fsp3) is 0.0952. The first-order chi connectivity index (χ1) is 12.7. The van der Waals surface area contributed by atoms with Crippen LogP contribution in [-0.4, -0.2) is 15.0 Å². The molecule has 1 aromatic heterocycles. The van der Waals surface area contributed by atoms with Crippen LogP contribution in [0.1, 0.15) is 13.0 Å². The quantitative estimate of drug-likeness (QED) is 0.571. The predicted molar refractivity (Wildman–Crippen MR) is 107 cm³/mol. The Morgan fingerprint density at radius 1 is 1.00 bits per heavy atom. The van der Waals surface area contributed by atoms with Gasteiger partial charge in [-0.3, -0.25) is 0 Å². The number of rotatable bonds is 5. The van der Waals surface area contributed by atoms with Gasteiger partial charge >= 0.3 is 0 Å². The number of benzene rings is 2. The van der Waals surface area contributed by atoms with Crippen molar-refractivity contribution in [1.29, 1.82) is 0 Å². The molecule has 1 aliphatic carbocycles. The summed E-state index contributed by atoms with van der Waals surface area (Å²) < 4.78 is 1.92. The Bertz CT molecular complexity index is 847. The third kappa shape index (κ3) is 3.81. The van der Waals surface area contributed by atoms with Gasteiger partial charge in [-0.2, -0.15) is 0 Å². The van der Waals surface area contributed by atoms with Crippen LogP contribution >= 0.6 is 23.4 Å². The van der Waals surface area contributed by atoms with Gasteiger partial charge in [-0.25, -0.2) is 4.68 Å². The van der Waals surface area contributed by atoms with Crippen LogP contribution in [0.15, 0.2) is 65.7 Å². The van der Waals surface area contributed by atoms with Crippen molar-refractivity contribution < 1.29 is 0 Å². The summed E-state index contributed by atoms with van der Waals surface area (Å²) in [4.78, 5) is 1.16. The maximum absolute atomic E-state index is 5.98. The number of hydrogen-bond acceptors (Lipinski definition) is 3. The summed E-state index contributed by atoms with van der Waals surface area (Å²) in [6.45, 7) is 2.14. The predicted octanol–water partition coefficient (Wildman–Crippen LogP) is 5.68. The average molecular weight is 379 g/mol. The number of halogens is 1. The number of aromatic nitrogens is 3. The van der Waals surface area contributed by atoms with E-state index in [-0.39, 0.29) is 6.04 Å². The molecule has 0 N–H and O–H groups in total. The lowest BCUT2D eigenvalue weighted by Gasteiger charge is -2.24. The molecule has 5 heteroatoms. The van der Waals surface area contributed by atoms with E-state index in [0.29, 0.717) is 0 Å². The van der Waals surface area contributed by atoms with E-state index in [0.717, 1.165) is 21.2 Å². The molecule has 0 bridgehead atoms. The van der Waals surface area contributed by atoms with Gasteiger partial charge in [-0.15, -0.1) is 16.9 Å². The van der Waals surface area contributed by atoms with E-state index in [2.05, 4.69) is 36.5 Å². The highest BCUT2D eigenvalue weighted by Crippen LogP contribution is 2.49. The molecule has 3 aromatic rings. The average Bonchev–Trinajstić information content (AvgIpc) is 3.34. The summed E-state index contributed by atoms with van der Waals surface area (Å²) in [5.41, 5.74) is 1.96. The van der Waals surface area contributed by atoms with Crippen LogP contribution in [0.25, 0.3) is 11.3 Å². The lowest BCUT2D eigenvalue weighted by molar-refractivity contribution is 0.506. The van der Waals surface area contributed by atoms with Gasteiger partial charge in [-0.1, -0.05) is 47.1 Å². The Balaban J connectivity index is 1.49. The zero-order valence-corrected chi connectivity index (χ0v) is 15.8. The number of nitrogens with zero attached hydrogens (tertiary/aromatic N) is 3. The van der Waals surface area contributed by atoms with Crippen molar-refractivity contribution in [3.63, 3.8) is 0 Å². The number of hydrogen-bond donors (Lipinski definition) is 0. The van der Waals surface area contributed by atoms with Gasteiger partial charge in [0, 0.05) is 26.6 Å². The summed E-state index contributed by atoms with van der Waals surface area (Å²) in [5, 5.41) is 10.7. The topological polar surface area (TPSA) is 30.7 Å². The minimum atomic E-state index is 0.102. The first-order valence-corrected chi connectivity index (χ1v) is 9.56. The molecule has 0 spiro atoms. The summed E-state index contributed by atoms with van der Waals surface area (Å²) in [5.74, 6) is 1.23. The zero-order chi connectivity index (χ0) is 17.9. The van der Waals surface area contributed by atoms with E-state index in [1.807, 2.05) is 65.5 Å². The van der Waals surface area contributed by atoms with Crippen LogP contribution in [-0.2, 0) is 0 Å².